The summed E-state index contributed by atoms with van der Waals surface area (Å²) in [4.78, 5) is 2.68. The van der Waals surface area contributed by atoms with Gasteiger partial charge >= 0.3 is 0 Å². The van der Waals surface area contributed by atoms with Crippen LogP contribution in [0.15, 0.2) is 0 Å². The molecule has 2 fully saturated rings. The number of rotatable bonds is 1. The van der Waals surface area contributed by atoms with Crippen molar-refractivity contribution in [2.75, 3.05) is 18.8 Å². The van der Waals surface area contributed by atoms with Gasteiger partial charge in [0.2, 0.25) is 0 Å². The van der Waals surface area contributed by atoms with E-state index in [4.69, 9.17) is 5.73 Å². The lowest BCUT2D eigenvalue weighted by Gasteiger charge is -2.40. The van der Waals surface area contributed by atoms with Crippen molar-refractivity contribution >= 4 is 11.8 Å². The summed E-state index contributed by atoms with van der Waals surface area (Å²) in [6, 6.07) is 1.26. The third-order valence-corrected chi connectivity index (χ3v) is 4.61. The molecule has 3 atom stereocenters. The summed E-state index contributed by atoms with van der Waals surface area (Å²) in [5, 5.41) is 0.821. The van der Waals surface area contributed by atoms with Crippen molar-refractivity contribution < 1.29 is 0 Å². The van der Waals surface area contributed by atoms with E-state index in [0.717, 1.165) is 11.3 Å². The molecule has 1 aliphatic heterocycles. The fraction of sp³-hybridized carbons (Fsp3) is 1.00. The average molecular weight is 214 g/mol. The van der Waals surface area contributed by atoms with Crippen LogP contribution in [0.25, 0.3) is 0 Å². The highest BCUT2D eigenvalue weighted by atomic mass is 32.2. The SMILES string of the molecule is CC1CN(C2CCCC(N)C2)CCS1. The second kappa shape index (κ2) is 4.86. The van der Waals surface area contributed by atoms with Gasteiger partial charge in [-0.3, -0.25) is 4.90 Å². The fourth-order valence-electron chi connectivity index (χ4n) is 2.71. The summed E-state index contributed by atoms with van der Waals surface area (Å²) >= 11 is 2.11. The van der Waals surface area contributed by atoms with Crippen LogP contribution in [0.5, 0.6) is 0 Å². The van der Waals surface area contributed by atoms with Crippen molar-refractivity contribution in [1.82, 2.24) is 4.90 Å². The Bertz CT molecular complexity index is 166. The van der Waals surface area contributed by atoms with Crippen molar-refractivity contribution in [3.05, 3.63) is 0 Å². The van der Waals surface area contributed by atoms with Gasteiger partial charge in [0.1, 0.15) is 0 Å². The standard InChI is InChI=1S/C11H22N2S/c1-9-8-13(5-6-14-9)11-4-2-3-10(12)7-11/h9-11H,2-8,12H2,1H3. The first-order valence-electron chi connectivity index (χ1n) is 5.87. The van der Waals surface area contributed by atoms with Crippen LogP contribution in [0.3, 0.4) is 0 Å². The maximum Gasteiger partial charge on any atom is 0.0147 e. The molecule has 0 radical (unpaired) electrons. The molecule has 1 aliphatic carbocycles. The summed E-state index contributed by atoms with van der Waals surface area (Å²) in [7, 11) is 0. The Kier molecular flexibility index (Phi) is 3.74. The Morgan fingerprint density at radius 2 is 2.21 bits per heavy atom. The minimum absolute atomic E-state index is 0.471. The number of hydrogen-bond donors (Lipinski definition) is 1. The van der Waals surface area contributed by atoms with Crippen LogP contribution in [-0.4, -0.2) is 41.1 Å². The van der Waals surface area contributed by atoms with E-state index in [0.29, 0.717) is 6.04 Å². The van der Waals surface area contributed by atoms with Crippen molar-refractivity contribution in [3.8, 4) is 0 Å². The second-order valence-corrected chi connectivity index (χ2v) is 6.30. The Balaban J connectivity index is 1.86. The van der Waals surface area contributed by atoms with Crippen molar-refractivity contribution in [2.45, 2.75) is 49.9 Å². The monoisotopic (exact) mass is 214 g/mol. The Morgan fingerprint density at radius 1 is 1.36 bits per heavy atom. The molecular formula is C11H22N2S. The third kappa shape index (κ3) is 2.65. The van der Waals surface area contributed by atoms with Gasteiger partial charge in [0.25, 0.3) is 0 Å². The quantitative estimate of drug-likeness (QED) is 0.720. The normalized spacial score (nSPS) is 41.1. The third-order valence-electron chi connectivity index (χ3n) is 3.48. The molecule has 3 unspecified atom stereocenters. The van der Waals surface area contributed by atoms with Crippen molar-refractivity contribution in [1.29, 1.82) is 0 Å². The topological polar surface area (TPSA) is 29.3 Å². The lowest BCUT2D eigenvalue weighted by Crippen LogP contribution is -2.47. The molecule has 14 heavy (non-hydrogen) atoms. The van der Waals surface area contributed by atoms with Crippen LogP contribution in [-0.2, 0) is 0 Å². The number of thioether (sulfide) groups is 1. The maximum absolute atomic E-state index is 6.03. The van der Waals surface area contributed by atoms with E-state index in [2.05, 4.69) is 23.6 Å². The van der Waals surface area contributed by atoms with Crippen LogP contribution in [0.2, 0.25) is 0 Å². The molecule has 0 aromatic heterocycles. The Hall–Kier alpha value is 0.270. The van der Waals surface area contributed by atoms with E-state index in [1.165, 1.54) is 44.5 Å². The zero-order valence-electron chi connectivity index (χ0n) is 9.11. The molecule has 0 spiro atoms. The lowest BCUT2D eigenvalue weighted by molar-refractivity contribution is 0.153. The first-order valence-corrected chi connectivity index (χ1v) is 6.92. The predicted molar refractivity (Wildman–Crippen MR) is 63.7 cm³/mol. The zero-order valence-corrected chi connectivity index (χ0v) is 9.93. The molecule has 1 saturated carbocycles. The molecule has 2 aliphatic rings. The highest BCUT2D eigenvalue weighted by Gasteiger charge is 2.27. The van der Waals surface area contributed by atoms with Crippen LogP contribution < -0.4 is 5.73 Å². The van der Waals surface area contributed by atoms with Crippen LogP contribution in [0.1, 0.15) is 32.6 Å². The highest BCUT2D eigenvalue weighted by molar-refractivity contribution is 7.99. The van der Waals surface area contributed by atoms with Gasteiger partial charge < -0.3 is 5.73 Å². The summed E-state index contributed by atoms with van der Waals surface area (Å²) in [6.07, 6.45) is 5.20. The first kappa shape index (κ1) is 10.8. The summed E-state index contributed by atoms with van der Waals surface area (Å²) in [5.74, 6) is 1.31. The highest BCUT2D eigenvalue weighted by Crippen LogP contribution is 2.26. The molecule has 2 N–H and O–H groups in total. The molecular weight excluding hydrogens is 192 g/mol. The smallest absolute Gasteiger partial charge is 0.0147 e. The van der Waals surface area contributed by atoms with Crippen LogP contribution in [0, 0.1) is 0 Å². The summed E-state index contributed by atoms with van der Waals surface area (Å²) < 4.78 is 0. The zero-order chi connectivity index (χ0) is 9.97. The predicted octanol–water partition coefficient (Wildman–Crippen LogP) is 1.69. The first-order chi connectivity index (χ1) is 6.75. The second-order valence-electron chi connectivity index (χ2n) is 4.76. The molecule has 2 nitrogen and oxygen atoms in total. The lowest BCUT2D eigenvalue weighted by atomic mass is 9.90. The Morgan fingerprint density at radius 3 is 2.93 bits per heavy atom. The summed E-state index contributed by atoms with van der Waals surface area (Å²) in [6.45, 7) is 4.91. The number of nitrogens with two attached hydrogens (primary N) is 1. The van der Waals surface area contributed by atoms with E-state index >= 15 is 0 Å². The van der Waals surface area contributed by atoms with Gasteiger partial charge in [-0.15, -0.1) is 0 Å². The summed E-state index contributed by atoms with van der Waals surface area (Å²) in [5.41, 5.74) is 6.03. The molecule has 0 aromatic rings. The van der Waals surface area contributed by atoms with E-state index < -0.39 is 0 Å². The van der Waals surface area contributed by atoms with Gasteiger partial charge in [0.05, 0.1) is 0 Å². The molecule has 82 valence electrons. The van der Waals surface area contributed by atoms with Gasteiger partial charge in [0, 0.05) is 36.2 Å². The van der Waals surface area contributed by atoms with Crippen LogP contribution >= 0.6 is 11.8 Å². The maximum atomic E-state index is 6.03. The van der Waals surface area contributed by atoms with Crippen molar-refractivity contribution in [3.63, 3.8) is 0 Å². The van der Waals surface area contributed by atoms with Gasteiger partial charge in [0.15, 0.2) is 0 Å². The van der Waals surface area contributed by atoms with E-state index in [9.17, 15) is 0 Å². The van der Waals surface area contributed by atoms with Gasteiger partial charge in [-0.05, 0) is 19.3 Å². The minimum Gasteiger partial charge on any atom is -0.328 e. The van der Waals surface area contributed by atoms with Gasteiger partial charge in [-0.25, -0.2) is 0 Å². The average Bonchev–Trinajstić information content (AvgIpc) is 2.18. The minimum atomic E-state index is 0.471. The molecule has 0 aromatic carbocycles. The largest absolute Gasteiger partial charge is 0.328 e. The van der Waals surface area contributed by atoms with E-state index in [1.807, 2.05) is 0 Å². The van der Waals surface area contributed by atoms with Gasteiger partial charge in [-0.2, -0.15) is 11.8 Å². The van der Waals surface area contributed by atoms with Crippen LogP contribution in [0.4, 0.5) is 0 Å². The molecule has 3 heteroatoms. The van der Waals surface area contributed by atoms with Crippen molar-refractivity contribution in [2.24, 2.45) is 5.73 Å². The molecule has 1 heterocycles. The van der Waals surface area contributed by atoms with Gasteiger partial charge in [-0.1, -0.05) is 13.3 Å². The fourth-order valence-corrected chi connectivity index (χ4v) is 3.75. The molecule has 0 amide bonds. The molecule has 0 bridgehead atoms. The number of nitrogens with zero attached hydrogens (tertiary/aromatic N) is 1. The molecule has 1 saturated heterocycles. The Labute approximate surface area is 91.6 Å². The molecule has 2 rings (SSSR count). The number of hydrogen-bond acceptors (Lipinski definition) is 3. The van der Waals surface area contributed by atoms with E-state index in [1.54, 1.807) is 0 Å². The van der Waals surface area contributed by atoms with E-state index in [-0.39, 0.29) is 0 Å².